The molecule has 1 nitrogen and oxygen atoms in total. The van der Waals surface area contributed by atoms with E-state index in [0.29, 0.717) is 12.1 Å². The lowest BCUT2D eigenvalue weighted by Gasteiger charge is -2.23. The molecule has 2 aromatic carbocycles. The van der Waals surface area contributed by atoms with E-state index < -0.39 is 0 Å². The van der Waals surface area contributed by atoms with Gasteiger partial charge in [-0.3, -0.25) is 0 Å². The summed E-state index contributed by atoms with van der Waals surface area (Å²) < 4.78 is 0. The highest BCUT2D eigenvalue weighted by Crippen LogP contribution is 2.23. The van der Waals surface area contributed by atoms with Crippen molar-refractivity contribution >= 4 is 0 Å². The van der Waals surface area contributed by atoms with Crippen LogP contribution in [-0.2, 0) is 0 Å². The molecule has 0 aliphatic heterocycles. The van der Waals surface area contributed by atoms with E-state index >= 15 is 0 Å². The van der Waals surface area contributed by atoms with E-state index in [1.165, 1.54) is 27.8 Å². The SMILES string of the molecule is Cc1cccc([C@@H](C)NC(C)c2cc(C)ccc2C)c1. The first-order valence-electron chi connectivity index (χ1n) is 7.37. The predicted molar refractivity (Wildman–Crippen MR) is 87.1 cm³/mol. The van der Waals surface area contributed by atoms with Crippen molar-refractivity contribution in [2.24, 2.45) is 0 Å². The van der Waals surface area contributed by atoms with Gasteiger partial charge in [0.2, 0.25) is 0 Å². The van der Waals surface area contributed by atoms with E-state index in [2.05, 4.69) is 82.4 Å². The van der Waals surface area contributed by atoms with Crippen LogP contribution < -0.4 is 5.32 Å². The summed E-state index contributed by atoms with van der Waals surface area (Å²) in [6, 6.07) is 16.1. The van der Waals surface area contributed by atoms with Crippen molar-refractivity contribution in [2.75, 3.05) is 0 Å². The molecule has 2 rings (SSSR count). The molecular formula is C19H25N. The fraction of sp³-hybridized carbons (Fsp3) is 0.368. The Morgan fingerprint density at radius 2 is 1.50 bits per heavy atom. The lowest BCUT2D eigenvalue weighted by atomic mass is 9.98. The summed E-state index contributed by atoms with van der Waals surface area (Å²) >= 11 is 0. The van der Waals surface area contributed by atoms with Gasteiger partial charge in [0.25, 0.3) is 0 Å². The number of benzene rings is 2. The maximum atomic E-state index is 3.71. The van der Waals surface area contributed by atoms with Crippen molar-refractivity contribution in [2.45, 2.75) is 46.7 Å². The first-order chi connectivity index (χ1) is 9.47. The zero-order chi connectivity index (χ0) is 14.7. The van der Waals surface area contributed by atoms with E-state index in [9.17, 15) is 0 Å². The molecule has 106 valence electrons. The second kappa shape index (κ2) is 6.23. The van der Waals surface area contributed by atoms with Crippen molar-refractivity contribution in [1.29, 1.82) is 0 Å². The van der Waals surface area contributed by atoms with Gasteiger partial charge < -0.3 is 5.32 Å². The van der Waals surface area contributed by atoms with Crippen LogP contribution in [0.2, 0.25) is 0 Å². The van der Waals surface area contributed by atoms with Crippen LogP contribution in [0.1, 0.15) is 53.7 Å². The standard InChI is InChI=1S/C19H25N/c1-13-7-6-8-18(11-13)16(4)20-17(5)19-12-14(2)9-10-15(19)3/h6-12,16-17,20H,1-5H3/t16-,17?/m1/s1. The molecule has 1 heteroatoms. The first-order valence-corrected chi connectivity index (χ1v) is 7.37. The second-order valence-electron chi connectivity index (χ2n) is 5.88. The molecule has 0 aliphatic carbocycles. The third kappa shape index (κ3) is 3.49. The van der Waals surface area contributed by atoms with Gasteiger partial charge in [0.05, 0.1) is 0 Å². The van der Waals surface area contributed by atoms with Gasteiger partial charge in [0.1, 0.15) is 0 Å². The molecular weight excluding hydrogens is 242 g/mol. The molecule has 0 bridgehead atoms. The molecule has 0 aromatic heterocycles. The maximum absolute atomic E-state index is 3.71. The van der Waals surface area contributed by atoms with Gasteiger partial charge in [-0.1, -0.05) is 53.6 Å². The molecule has 0 heterocycles. The van der Waals surface area contributed by atoms with Crippen LogP contribution in [0.3, 0.4) is 0 Å². The minimum Gasteiger partial charge on any atom is -0.304 e. The Hall–Kier alpha value is -1.60. The summed E-state index contributed by atoms with van der Waals surface area (Å²) in [6.07, 6.45) is 0. The van der Waals surface area contributed by atoms with Crippen molar-refractivity contribution in [3.63, 3.8) is 0 Å². The first kappa shape index (κ1) is 14.8. The molecule has 0 radical (unpaired) electrons. The largest absolute Gasteiger partial charge is 0.304 e. The molecule has 0 fully saturated rings. The highest BCUT2D eigenvalue weighted by atomic mass is 14.9. The van der Waals surface area contributed by atoms with Gasteiger partial charge in [0, 0.05) is 12.1 Å². The maximum Gasteiger partial charge on any atom is 0.0300 e. The van der Waals surface area contributed by atoms with Gasteiger partial charge in [0.15, 0.2) is 0 Å². The lowest BCUT2D eigenvalue weighted by molar-refractivity contribution is 0.493. The van der Waals surface area contributed by atoms with Gasteiger partial charge in [-0.05, 0) is 51.3 Å². The van der Waals surface area contributed by atoms with E-state index in [4.69, 9.17) is 0 Å². The zero-order valence-electron chi connectivity index (χ0n) is 13.2. The molecule has 2 atom stereocenters. The van der Waals surface area contributed by atoms with E-state index in [0.717, 1.165) is 0 Å². The Labute approximate surface area is 123 Å². The van der Waals surface area contributed by atoms with E-state index in [1.54, 1.807) is 0 Å². The van der Waals surface area contributed by atoms with E-state index in [1.807, 2.05) is 0 Å². The average molecular weight is 267 g/mol. The molecule has 0 spiro atoms. The Kier molecular flexibility index (Phi) is 4.61. The second-order valence-corrected chi connectivity index (χ2v) is 5.88. The number of hydrogen-bond donors (Lipinski definition) is 1. The highest BCUT2D eigenvalue weighted by molar-refractivity contribution is 5.33. The van der Waals surface area contributed by atoms with Gasteiger partial charge in [-0.2, -0.15) is 0 Å². The molecule has 0 aliphatic rings. The molecule has 2 aromatic rings. The van der Waals surface area contributed by atoms with Crippen LogP contribution in [0.25, 0.3) is 0 Å². The summed E-state index contributed by atoms with van der Waals surface area (Å²) in [7, 11) is 0. The Morgan fingerprint density at radius 1 is 0.800 bits per heavy atom. The topological polar surface area (TPSA) is 12.0 Å². The normalized spacial score (nSPS) is 14.1. The van der Waals surface area contributed by atoms with Crippen molar-refractivity contribution < 1.29 is 0 Å². The molecule has 20 heavy (non-hydrogen) atoms. The van der Waals surface area contributed by atoms with Crippen molar-refractivity contribution in [3.05, 3.63) is 70.3 Å². The Bertz CT molecular complexity index is 586. The summed E-state index contributed by atoms with van der Waals surface area (Å²) in [6.45, 7) is 11.0. The molecule has 1 N–H and O–H groups in total. The third-order valence-electron chi connectivity index (χ3n) is 3.94. The summed E-state index contributed by atoms with van der Waals surface area (Å²) in [5.41, 5.74) is 6.73. The average Bonchev–Trinajstić information content (AvgIpc) is 2.41. The lowest BCUT2D eigenvalue weighted by Crippen LogP contribution is -2.23. The van der Waals surface area contributed by atoms with Crippen LogP contribution in [0.15, 0.2) is 42.5 Å². The fourth-order valence-electron chi connectivity index (χ4n) is 2.73. The number of rotatable bonds is 4. The smallest absolute Gasteiger partial charge is 0.0300 e. The highest BCUT2D eigenvalue weighted by Gasteiger charge is 2.13. The Morgan fingerprint density at radius 3 is 2.20 bits per heavy atom. The van der Waals surface area contributed by atoms with Crippen LogP contribution in [-0.4, -0.2) is 0 Å². The fourth-order valence-corrected chi connectivity index (χ4v) is 2.73. The Balaban J connectivity index is 2.15. The minimum absolute atomic E-state index is 0.352. The van der Waals surface area contributed by atoms with Crippen molar-refractivity contribution in [3.8, 4) is 0 Å². The summed E-state index contributed by atoms with van der Waals surface area (Å²) in [5.74, 6) is 0. The van der Waals surface area contributed by atoms with Gasteiger partial charge in [-0.15, -0.1) is 0 Å². The summed E-state index contributed by atoms with van der Waals surface area (Å²) in [5, 5.41) is 3.71. The molecule has 0 saturated carbocycles. The van der Waals surface area contributed by atoms with Crippen LogP contribution in [0, 0.1) is 20.8 Å². The molecule has 0 saturated heterocycles. The van der Waals surface area contributed by atoms with Crippen LogP contribution >= 0.6 is 0 Å². The van der Waals surface area contributed by atoms with Gasteiger partial charge in [-0.25, -0.2) is 0 Å². The minimum atomic E-state index is 0.352. The number of hydrogen-bond acceptors (Lipinski definition) is 1. The van der Waals surface area contributed by atoms with E-state index in [-0.39, 0.29) is 0 Å². The van der Waals surface area contributed by atoms with Crippen molar-refractivity contribution in [1.82, 2.24) is 5.32 Å². The van der Waals surface area contributed by atoms with Crippen LogP contribution in [0.5, 0.6) is 0 Å². The monoisotopic (exact) mass is 267 g/mol. The third-order valence-corrected chi connectivity index (χ3v) is 3.94. The van der Waals surface area contributed by atoms with Gasteiger partial charge >= 0.3 is 0 Å². The van der Waals surface area contributed by atoms with Crippen LogP contribution in [0.4, 0.5) is 0 Å². The number of aryl methyl sites for hydroxylation is 3. The quantitative estimate of drug-likeness (QED) is 0.819. The molecule has 0 amide bonds. The summed E-state index contributed by atoms with van der Waals surface area (Å²) in [4.78, 5) is 0. The number of nitrogens with one attached hydrogen (secondary N) is 1. The molecule has 1 unspecified atom stereocenters. The zero-order valence-corrected chi connectivity index (χ0v) is 13.2. The predicted octanol–water partition coefficient (Wildman–Crippen LogP) is 5.02.